The topological polar surface area (TPSA) is 626 Å². The maximum atomic E-state index is 10.5. The van der Waals surface area contributed by atoms with Crippen LogP contribution < -0.4 is 47.9 Å². The third-order valence-corrected chi connectivity index (χ3v) is 6.68. The van der Waals surface area contributed by atoms with E-state index in [1.165, 1.54) is 6.92 Å². The van der Waals surface area contributed by atoms with Crippen molar-refractivity contribution in [2.75, 3.05) is 0 Å². The molecule has 3 heterocycles. The first-order valence-corrected chi connectivity index (χ1v) is 14.7. The van der Waals surface area contributed by atoms with Crippen LogP contribution in [-0.2, 0) is 0 Å². The summed E-state index contributed by atoms with van der Waals surface area (Å²) in [4.78, 5) is 113. The van der Waals surface area contributed by atoms with E-state index in [0.717, 1.165) is 0 Å². The molecule has 0 aromatic heterocycles. The van der Waals surface area contributed by atoms with E-state index in [0.29, 0.717) is 12.1 Å². The molecule has 3 aliphatic rings. The van der Waals surface area contributed by atoms with Crippen molar-refractivity contribution in [1.82, 2.24) is 47.9 Å². The molecule has 4 rings (SSSR count). The number of nitro benzene ring substituents is 3. The molecule has 336 valence electrons. The number of non-ortho nitro benzene ring substituents is 1. The summed E-state index contributed by atoms with van der Waals surface area (Å²) in [5.74, 6) is 0. The summed E-state index contributed by atoms with van der Waals surface area (Å²) in [6.07, 6.45) is -15.6. The Hall–Kier alpha value is -8.34. The Kier molecular flexibility index (Phi) is 18.3. The molecule has 61 heavy (non-hydrogen) atoms. The first kappa shape index (κ1) is 50.7. The molecule has 0 aliphatic carbocycles. The van der Waals surface area contributed by atoms with Crippen LogP contribution in [0.3, 0.4) is 0 Å². The van der Waals surface area contributed by atoms with Crippen LogP contribution in [0.4, 0.5) is 17.1 Å². The molecule has 3 aliphatic heterocycles. The van der Waals surface area contributed by atoms with Gasteiger partial charge in [-0.3, -0.25) is 121 Å². The van der Waals surface area contributed by atoms with Gasteiger partial charge in [-0.2, -0.15) is 47.9 Å². The quantitative estimate of drug-likeness (QED) is 0.0697. The molecule has 45 heteroatoms. The molecule has 9 N–H and O–H groups in total. The van der Waals surface area contributed by atoms with Crippen LogP contribution >= 0.6 is 0 Å². The molecule has 0 atom stereocenters. The van der Waals surface area contributed by atoms with Gasteiger partial charge in [-0.05, 0) is 6.92 Å². The summed E-state index contributed by atoms with van der Waals surface area (Å²) in [5.41, 5.74) is -2.16. The molecule has 0 radical (unpaired) electrons. The second-order valence-electron chi connectivity index (χ2n) is 10.6. The van der Waals surface area contributed by atoms with E-state index in [4.69, 9.17) is 0 Å². The van der Waals surface area contributed by atoms with Crippen LogP contribution in [0.5, 0.6) is 0 Å². The number of benzene rings is 1. The number of nitrogens with one attached hydrogen (secondary N) is 9. The summed E-state index contributed by atoms with van der Waals surface area (Å²) in [5, 5.41) is 141. The monoisotopic (exact) mass is 893 g/mol. The van der Waals surface area contributed by atoms with Crippen molar-refractivity contribution >= 4 is 17.1 Å². The van der Waals surface area contributed by atoms with Crippen molar-refractivity contribution in [3.63, 3.8) is 0 Å². The van der Waals surface area contributed by atoms with Crippen molar-refractivity contribution in [1.29, 1.82) is 0 Å². The fourth-order valence-corrected chi connectivity index (χ4v) is 4.03. The third-order valence-electron chi connectivity index (χ3n) is 6.68. The molecule has 3 saturated heterocycles. The lowest BCUT2D eigenvalue weighted by Crippen LogP contribution is -2.73. The van der Waals surface area contributed by atoms with Crippen LogP contribution in [0.1, 0.15) is 5.56 Å². The Morgan fingerprint density at radius 1 is 0.311 bits per heavy atom. The minimum Gasteiger partial charge on any atom is -0.262 e. The molecular formula is C16H23N21O24. The Morgan fingerprint density at radius 3 is 0.557 bits per heavy atom. The standard InChI is InChI=1S/C7H5N3O6.3C3H6N6O6/c1-4-6(9(13)14)2-5(8(11)12)3-7(4)10(15)16;3*10-7(11)1-4-2(8(12)13)6-3(5-1)9(14)15/h2-3H,1H3;3*1-6H. The van der Waals surface area contributed by atoms with Gasteiger partial charge in [0.15, 0.2) is 0 Å². The maximum absolute atomic E-state index is 10.5. The normalized spacial score (nSPS) is 25.3. The first-order valence-electron chi connectivity index (χ1n) is 14.7. The summed E-state index contributed by atoms with van der Waals surface area (Å²) >= 11 is 0. The number of rotatable bonds is 12. The van der Waals surface area contributed by atoms with E-state index in [9.17, 15) is 121 Å². The molecule has 3 fully saturated rings. The van der Waals surface area contributed by atoms with Crippen molar-refractivity contribution < 1.29 is 59.1 Å². The van der Waals surface area contributed by atoms with Gasteiger partial charge >= 0.3 is 56.6 Å². The zero-order valence-corrected chi connectivity index (χ0v) is 29.0. The summed E-state index contributed by atoms with van der Waals surface area (Å²) in [6.45, 7) is 1.17. The van der Waals surface area contributed by atoms with Crippen LogP contribution in [0.15, 0.2) is 12.1 Å². The van der Waals surface area contributed by atoms with E-state index in [1.54, 1.807) is 0 Å². The van der Waals surface area contributed by atoms with Crippen LogP contribution in [-0.4, -0.2) is 116 Å². The van der Waals surface area contributed by atoms with E-state index < -0.39 is 133 Å². The van der Waals surface area contributed by atoms with Gasteiger partial charge in [-0.25, -0.2) is 0 Å². The van der Waals surface area contributed by atoms with E-state index in [1.807, 2.05) is 47.9 Å². The molecular weight excluding hydrogens is 870 g/mol. The molecule has 0 saturated carbocycles. The minimum absolute atomic E-state index is 0.208. The minimum atomic E-state index is -1.74. The van der Waals surface area contributed by atoms with Crippen molar-refractivity contribution in [3.05, 3.63) is 139 Å². The highest BCUT2D eigenvalue weighted by Crippen LogP contribution is 2.32. The summed E-state index contributed by atoms with van der Waals surface area (Å²) < 4.78 is 0. The predicted octanol–water partition coefficient (Wildman–Crippen LogP) is -5.93. The van der Waals surface area contributed by atoms with Gasteiger partial charge in [-0.1, -0.05) is 0 Å². The fraction of sp³-hybridized carbons (Fsp3) is 0.625. The van der Waals surface area contributed by atoms with Crippen LogP contribution in [0.25, 0.3) is 0 Å². The molecule has 0 spiro atoms. The van der Waals surface area contributed by atoms with Crippen LogP contribution in [0.2, 0.25) is 0 Å². The molecule has 1 aromatic carbocycles. The van der Waals surface area contributed by atoms with Crippen molar-refractivity contribution in [3.8, 4) is 0 Å². The van der Waals surface area contributed by atoms with Gasteiger partial charge in [-0.15, -0.1) is 0 Å². The Bertz CT molecular complexity index is 1610. The number of nitro groups is 12. The van der Waals surface area contributed by atoms with Gasteiger partial charge < -0.3 is 0 Å². The average molecular weight is 893 g/mol. The zero-order valence-electron chi connectivity index (χ0n) is 29.0. The molecule has 0 unspecified atom stereocenters. The smallest absolute Gasteiger partial charge is 0.262 e. The van der Waals surface area contributed by atoms with Crippen molar-refractivity contribution in [2.45, 2.75) is 63.5 Å². The Morgan fingerprint density at radius 2 is 0.459 bits per heavy atom. The second kappa shape index (κ2) is 22.0. The second-order valence-corrected chi connectivity index (χ2v) is 10.6. The van der Waals surface area contributed by atoms with Gasteiger partial charge in [0.25, 0.3) is 17.1 Å². The molecule has 1 aromatic rings. The predicted molar refractivity (Wildman–Crippen MR) is 176 cm³/mol. The largest absolute Gasteiger partial charge is 0.335 e. The van der Waals surface area contributed by atoms with Gasteiger partial charge in [0.2, 0.25) is 0 Å². The Labute approximate surface area is 327 Å². The lowest BCUT2D eigenvalue weighted by Gasteiger charge is -2.24. The van der Waals surface area contributed by atoms with Gasteiger partial charge in [0, 0.05) is 0 Å². The maximum Gasteiger partial charge on any atom is 0.335 e. The lowest BCUT2D eigenvalue weighted by atomic mass is 10.1. The first-order chi connectivity index (χ1) is 28.1. The van der Waals surface area contributed by atoms with E-state index in [-0.39, 0.29) is 5.56 Å². The zero-order chi connectivity index (χ0) is 47.2. The third kappa shape index (κ3) is 15.2. The van der Waals surface area contributed by atoms with Gasteiger partial charge in [0.1, 0.15) is 5.56 Å². The highest BCUT2D eigenvalue weighted by molar-refractivity contribution is 5.59. The molecule has 0 amide bonds. The van der Waals surface area contributed by atoms with Crippen LogP contribution in [0, 0.1) is 128 Å². The number of hydrogen-bond donors (Lipinski definition) is 9. The SMILES string of the molecule is Cc1c([N+](=O)[O-])cc([N+](=O)[O-])cc1[N+](=O)[O-].O=[N+]([O-])C1NC([N+](=O)[O-])NC([N+](=O)[O-])N1.O=[N+]([O-])C1NC([N+](=O)[O-])NC([N+](=O)[O-])N1.O=[N+]([O-])C1NC([N+](=O)[O-])NC([N+](=O)[O-])N1. The lowest BCUT2D eigenvalue weighted by molar-refractivity contribution is -0.631. The van der Waals surface area contributed by atoms with E-state index >= 15 is 0 Å². The number of nitrogens with zero attached hydrogens (tertiary/aromatic N) is 12. The summed E-state index contributed by atoms with van der Waals surface area (Å²) in [6, 6.07) is 1.39. The average Bonchev–Trinajstić information content (AvgIpc) is 3.17. The number of hydrogen-bond acceptors (Lipinski definition) is 33. The summed E-state index contributed by atoms with van der Waals surface area (Å²) in [7, 11) is 0. The Balaban J connectivity index is 0.000000407. The van der Waals surface area contributed by atoms with Crippen molar-refractivity contribution in [2.24, 2.45) is 0 Å². The highest BCUT2D eigenvalue weighted by atomic mass is 16.7. The molecule has 0 bridgehead atoms. The van der Waals surface area contributed by atoms with E-state index in [2.05, 4.69) is 0 Å². The fourth-order valence-electron chi connectivity index (χ4n) is 4.03. The highest BCUT2D eigenvalue weighted by Gasteiger charge is 2.46. The van der Waals surface area contributed by atoms with Gasteiger partial charge in [0.05, 0.1) is 71.2 Å². The molecule has 45 nitrogen and oxygen atoms in total.